The second-order valence-electron chi connectivity index (χ2n) is 2.49. The minimum atomic E-state index is -0.150. The van der Waals surface area contributed by atoms with Crippen LogP contribution in [0.2, 0.25) is 0 Å². The van der Waals surface area contributed by atoms with Crippen molar-refractivity contribution < 1.29 is 0 Å². The van der Waals surface area contributed by atoms with E-state index in [0.29, 0.717) is 6.42 Å². The molecule has 0 aliphatic rings. The van der Waals surface area contributed by atoms with Gasteiger partial charge in [-0.25, -0.2) is 0 Å². The van der Waals surface area contributed by atoms with Gasteiger partial charge in [0, 0.05) is 9.61 Å². The SMILES string of the molecule is N#CC[C@@H](N)c1ccccc1I. The van der Waals surface area contributed by atoms with E-state index in [0.717, 1.165) is 9.13 Å². The van der Waals surface area contributed by atoms with E-state index in [2.05, 4.69) is 28.7 Å². The average Bonchev–Trinajstić information content (AvgIpc) is 2.05. The van der Waals surface area contributed by atoms with Gasteiger partial charge in [0.1, 0.15) is 0 Å². The van der Waals surface area contributed by atoms with E-state index in [9.17, 15) is 0 Å². The standard InChI is InChI=1S/C9H9IN2/c10-8-4-2-1-3-7(8)9(12)5-6-11/h1-4,9H,5,12H2/t9-/m1/s1. The van der Waals surface area contributed by atoms with E-state index in [1.54, 1.807) is 0 Å². The molecule has 1 rings (SSSR count). The number of hydrogen-bond acceptors (Lipinski definition) is 2. The maximum absolute atomic E-state index is 8.46. The first-order chi connectivity index (χ1) is 5.75. The molecule has 0 aliphatic carbocycles. The maximum atomic E-state index is 8.46. The molecule has 2 nitrogen and oxygen atoms in total. The van der Waals surface area contributed by atoms with Gasteiger partial charge in [0.15, 0.2) is 0 Å². The van der Waals surface area contributed by atoms with E-state index in [1.807, 2.05) is 24.3 Å². The van der Waals surface area contributed by atoms with Crippen molar-refractivity contribution in [2.24, 2.45) is 5.73 Å². The average molecular weight is 272 g/mol. The fourth-order valence-corrected chi connectivity index (χ4v) is 1.77. The van der Waals surface area contributed by atoms with Gasteiger partial charge < -0.3 is 5.73 Å². The Morgan fingerprint density at radius 1 is 1.50 bits per heavy atom. The number of nitrogens with two attached hydrogens (primary N) is 1. The monoisotopic (exact) mass is 272 g/mol. The molecule has 62 valence electrons. The molecule has 0 heterocycles. The minimum absolute atomic E-state index is 0.150. The molecule has 0 unspecified atom stereocenters. The molecule has 0 bridgehead atoms. The van der Waals surface area contributed by atoms with Crippen LogP contribution in [0.15, 0.2) is 24.3 Å². The van der Waals surface area contributed by atoms with Crippen LogP contribution in [0.1, 0.15) is 18.0 Å². The molecule has 0 saturated heterocycles. The minimum Gasteiger partial charge on any atom is -0.323 e. The Labute approximate surface area is 85.5 Å². The fraction of sp³-hybridized carbons (Fsp3) is 0.222. The van der Waals surface area contributed by atoms with Gasteiger partial charge in [0.05, 0.1) is 12.5 Å². The molecule has 2 N–H and O–H groups in total. The van der Waals surface area contributed by atoms with Gasteiger partial charge >= 0.3 is 0 Å². The predicted molar refractivity (Wildman–Crippen MR) is 56.3 cm³/mol. The first kappa shape index (κ1) is 9.49. The Bertz CT molecular complexity index is 304. The Morgan fingerprint density at radius 3 is 2.75 bits per heavy atom. The Kier molecular flexibility index (Phi) is 3.50. The summed E-state index contributed by atoms with van der Waals surface area (Å²) in [4.78, 5) is 0. The number of rotatable bonds is 2. The van der Waals surface area contributed by atoms with Crippen molar-refractivity contribution in [3.05, 3.63) is 33.4 Å². The summed E-state index contributed by atoms with van der Waals surface area (Å²) >= 11 is 2.23. The molecule has 0 amide bonds. The Hall–Kier alpha value is -0.600. The molecule has 1 aromatic carbocycles. The highest BCUT2D eigenvalue weighted by molar-refractivity contribution is 14.1. The Morgan fingerprint density at radius 2 is 2.17 bits per heavy atom. The number of halogens is 1. The molecule has 3 heteroatoms. The molecular formula is C9H9IN2. The molecule has 0 aromatic heterocycles. The predicted octanol–water partition coefficient (Wildman–Crippen LogP) is 2.20. The maximum Gasteiger partial charge on any atom is 0.0641 e. The van der Waals surface area contributed by atoms with Crippen molar-refractivity contribution >= 4 is 22.6 Å². The third-order valence-corrected chi connectivity index (χ3v) is 2.60. The summed E-state index contributed by atoms with van der Waals surface area (Å²) in [5.41, 5.74) is 6.83. The largest absolute Gasteiger partial charge is 0.323 e. The molecular weight excluding hydrogens is 263 g/mol. The van der Waals surface area contributed by atoms with Crippen LogP contribution in [0.3, 0.4) is 0 Å². The zero-order valence-corrected chi connectivity index (χ0v) is 8.65. The molecule has 0 spiro atoms. The zero-order valence-electron chi connectivity index (χ0n) is 6.50. The van der Waals surface area contributed by atoms with E-state index in [-0.39, 0.29) is 6.04 Å². The molecule has 0 radical (unpaired) electrons. The topological polar surface area (TPSA) is 49.8 Å². The second-order valence-corrected chi connectivity index (χ2v) is 3.65. The van der Waals surface area contributed by atoms with Crippen molar-refractivity contribution in [2.45, 2.75) is 12.5 Å². The summed E-state index contributed by atoms with van der Waals surface area (Å²) in [5, 5.41) is 8.46. The normalized spacial score (nSPS) is 12.1. The fourth-order valence-electron chi connectivity index (χ4n) is 0.984. The third-order valence-electron chi connectivity index (χ3n) is 1.62. The number of nitrogens with zero attached hydrogens (tertiary/aromatic N) is 1. The summed E-state index contributed by atoms with van der Waals surface area (Å²) in [6, 6.07) is 9.77. The van der Waals surface area contributed by atoms with Crippen LogP contribution in [0.25, 0.3) is 0 Å². The van der Waals surface area contributed by atoms with E-state index in [1.165, 1.54) is 0 Å². The van der Waals surface area contributed by atoms with Gasteiger partial charge in [0.25, 0.3) is 0 Å². The molecule has 1 atom stereocenters. The summed E-state index contributed by atoms with van der Waals surface area (Å²) < 4.78 is 1.12. The van der Waals surface area contributed by atoms with Crippen molar-refractivity contribution in [3.8, 4) is 6.07 Å². The number of hydrogen-bond donors (Lipinski definition) is 1. The summed E-state index contributed by atoms with van der Waals surface area (Å²) in [6.45, 7) is 0. The first-order valence-electron chi connectivity index (χ1n) is 3.62. The molecule has 12 heavy (non-hydrogen) atoms. The van der Waals surface area contributed by atoms with Gasteiger partial charge in [0.2, 0.25) is 0 Å². The lowest BCUT2D eigenvalue weighted by atomic mass is 10.1. The van der Waals surface area contributed by atoms with Crippen molar-refractivity contribution in [3.63, 3.8) is 0 Å². The summed E-state index contributed by atoms with van der Waals surface area (Å²) in [6.07, 6.45) is 0.375. The van der Waals surface area contributed by atoms with Crippen LogP contribution >= 0.6 is 22.6 Å². The van der Waals surface area contributed by atoms with E-state index < -0.39 is 0 Å². The van der Waals surface area contributed by atoms with Gasteiger partial charge in [-0.2, -0.15) is 5.26 Å². The molecule has 1 aromatic rings. The Balaban J connectivity index is 2.88. The van der Waals surface area contributed by atoms with Crippen LogP contribution in [-0.2, 0) is 0 Å². The third kappa shape index (κ3) is 2.19. The highest BCUT2D eigenvalue weighted by atomic mass is 127. The molecule has 0 saturated carbocycles. The van der Waals surface area contributed by atoms with Crippen molar-refractivity contribution in [1.82, 2.24) is 0 Å². The number of nitriles is 1. The van der Waals surface area contributed by atoms with Crippen LogP contribution in [0, 0.1) is 14.9 Å². The first-order valence-corrected chi connectivity index (χ1v) is 4.70. The van der Waals surface area contributed by atoms with Crippen LogP contribution in [-0.4, -0.2) is 0 Å². The second kappa shape index (κ2) is 4.43. The summed E-state index contributed by atoms with van der Waals surface area (Å²) in [5.74, 6) is 0. The van der Waals surface area contributed by atoms with Gasteiger partial charge in [-0.15, -0.1) is 0 Å². The highest BCUT2D eigenvalue weighted by Gasteiger charge is 2.07. The smallest absolute Gasteiger partial charge is 0.0641 e. The zero-order chi connectivity index (χ0) is 8.97. The van der Waals surface area contributed by atoms with Crippen molar-refractivity contribution in [1.29, 1.82) is 5.26 Å². The lowest BCUT2D eigenvalue weighted by Crippen LogP contribution is -2.10. The molecule has 0 aliphatic heterocycles. The lowest BCUT2D eigenvalue weighted by Gasteiger charge is -2.09. The van der Waals surface area contributed by atoms with Gasteiger partial charge in [-0.05, 0) is 34.2 Å². The van der Waals surface area contributed by atoms with E-state index >= 15 is 0 Å². The summed E-state index contributed by atoms with van der Waals surface area (Å²) in [7, 11) is 0. The van der Waals surface area contributed by atoms with Gasteiger partial charge in [-0.1, -0.05) is 18.2 Å². The highest BCUT2D eigenvalue weighted by Crippen LogP contribution is 2.19. The van der Waals surface area contributed by atoms with Crippen LogP contribution < -0.4 is 5.73 Å². The lowest BCUT2D eigenvalue weighted by molar-refractivity contribution is 0.744. The van der Waals surface area contributed by atoms with Crippen LogP contribution in [0.5, 0.6) is 0 Å². The number of benzene rings is 1. The van der Waals surface area contributed by atoms with E-state index in [4.69, 9.17) is 11.0 Å². The van der Waals surface area contributed by atoms with Crippen LogP contribution in [0.4, 0.5) is 0 Å². The van der Waals surface area contributed by atoms with Crippen molar-refractivity contribution in [2.75, 3.05) is 0 Å². The molecule has 0 fully saturated rings. The van der Waals surface area contributed by atoms with Gasteiger partial charge in [-0.3, -0.25) is 0 Å². The quantitative estimate of drug-likeness (QED) is 0.839.